The quantitative estimate of drug-likeness (QED) is 0.863. The first kappa shape index (κ1) is 10.9. The van der Waals surface area contributed by atoms with Crippen molar-refractivity contribution in [1.82, 2.24) is 0 Å². The SMILES string of the molecule is COCc1ccc(CC2(O)CC2)c2c1OCO2. The smallest absolute Gasteiger partial charge is 0.231 e. The van der Waals surface area contributed by atoms with Gasteiger partial charge in [-0.2, -0.15) is 0 Å². The van der Waals surface area contributed by atoms with Gasteiger partial charge in [-0.25, -0.2) is 0 Å². The van der Waals surface area contributed by atoms with Crippen molar-refractivity contribution in [2.45, 2.75) is 31.5 Å². The highest BCUT2D eigenvalue weighted by atomic mass is 16.7. The predicted molar refractivity (Wildman–Crippen MR) is 61.2 cm³/mol. The molecule has 4 nitrogen and oxygen atoms in total. The average molecular weight is 236 g/mol. The van der Waals surface area contributed by atoms with Crippen LogP contribution in [-0.2, 0) is 17.8 Å². The van der Waals surface area contributed by atoms with Crippen molar-refractivity contribution in [3.63, 3.8) is 0 Å². The van der Waals surface area contributed by atoms with Crippen molar-refractivity contribution in [1.29, 1.82) is 0 Å². The molecule has 0 unspecified atom stereocenters. The maximum absolute atomic E-state index is 9.97. The Morgan fingerprint density at radius 2 is 1.88 bits per heavy atom. The van der Waals surface area contributed by atoms with E-state index in [1.54, 1.807) is 7.11 Å². The lowest BCUT2D eigenvalue weighted by Gasteiger charge is -2.12. The van der Waals surface area contributed by atoms with Gasteiger partial charge in [0, 0.05) is 24.7 Å². The Morgan fingerprint density at radius 1 is 1.24 bits per heavy atom. The van der Waals surface area contributed by atoms with Gasteiger partial charge < -0.3 is 19.3 Å². The van der Waals surface area contributed by atoms with Crippen LogP contribution < -0.4 is 9.47 Å². The molecular weight excluding hydrogens is 220 g/mol. The Kier molecular flexibility index (Phi) is 2.49. The van der Waals surface area contributed by atoms with Crippen LogP contribution in [0.25, 0.3) is 0 Å². The second kappa shape index (κ2) is 3.89. The monoisotopic (exact) mass is 236 g/mol. The summed E-state index contributed by atoms with van der Waals surface area (Å²) in [5, 5.41) is 9.97. The average Bonchev–Trinajstić information content (AvgIpc) is 2.85. The van der Waals surface area contributed by atoms with E-state index in [0.717, 1.165) is 35.5 Å². The number of ether oxygens (including phenoxy) is 3. The minimum absolute atomic E-state index is 0.251. The van der Waals surface area contributed by atoms with Gasteiger partial charge >= 0.3 is 0 Å². The number of methoxy groups -OCH3 is 1. The fourth-order valence-corrected chi connectivity index (χ4v) is 2.19. The standard InChI is InChI=1S/C13H16O4/c1-15-7-10-3-2-9(6-13(14)4-5-13)11-12(10)17-8-16-11/h2-3,14H,4-8H2,1H3. The molecule has 0 radical (unpaired) electrons. The van der Waals surface area contributed by atoms with Gasteiger partial charge in [0.2, 0.25) is 6.79 Å². The maximum atomic E-state index is 9.97. The number of aliphatic hydroxyl groups is 1. The van der Waals surface area contributed by atoms with Gasteiger partial charge in [0.05, 0.1) is 12.2 Å². The zero-order valence-corrected chi connectivity index (χ0v) is 9.86. The Hall–Kier alpha value is -1.26. The van der Waals surface area contributed by atoms with Crippen LogP contribution >= 0.6 is 0 Å². The third-order valence-electron chi connectivity index (χ3n) is 3.33. The van der Waals surface area contributed by atoms with E-state index in [4.69, 9.17) is 14.2 Å². The van der Waals surface area contributed by atoms with E-state index >= 15 is 0 Å². The number of fused-ring (bicyclic) bond motifs is 1. The summed E-state index contributed by atoms with van der Waals surface area (Å²) in [6.45, 7) is 0.762. The molecule has 1 heterocycles. The van der Waals surface area contributed by atoms with Crippen molar-refractivity contribution in [2.75, 3.05) is 13.9 Å². The minimum Gasteiger partial charge on any atom is -0.453 e. The molecule has 2 aliphatic rings. The van der Waals surface area contributed by atoms with Crippen molar-refractivity contribution in [3.8, 4) is 11.5 Å². The summed E-state index contributed by atoms with van der Waals surface area (Å²) >= 11 is 0. The van der Waals surface area contributed by atoms with Crippen LogP contribution in [0, 0.1) is 0 Å². The molecule has 3 rings (SSSR count). The zero-order valence-electron chi connectivity index (χ0n) is 9.86. The number of hydrogen-bond donors (Lipinski definition) is 1. The molecule has 92 valence electrons. The third kappa shape index (κ3) is 1.98. The minimum atomic E-state index is -0.511. The molecule has 1 aromatic rings. The molecule has 1 fully saturated rings. The molecular formula is C13H16O4. The molecule has 0 aromatic heterocycles. The lowest BCUT2D eigenvalue weighted by molar-refractivity contribution is 0.146. The zero-order chi connectivity index (χ0) is 11.9. The van der Waals surface area contributed by atoms with Gasteiger partial charge in [-0.3, -0.25) is 0 Å². The molecule has 0 saturated heterocycles. The van der Waals surface area contributed by atoms with E-state index < -0.39 is 5.60 Å². The summed E-state index contributed by atoms with van der Waals surface area (Å²) in [4.78, 5) is 0. The summed E-state index contributed by atoms with van der Waals surface area (Å²) < 4.78 is 16.1. The normalized spacial score (nSPS) is 19.4. The maximum Gasteiger partial charge on any atom is 0.231 e. The summed E-state index contributed by atoms with van der Waals surface area (Å²) in [5.41, 5.74) is 1.51. The highest BCUT2D eigenvalue weighted by Crippen LogP contribution is 2.45. The second-order valence-corrected chi connectivity index (χ2v) is 4.78. The topological polar surface area (TPSA) is 47.9 Å². The predicted octanol–water partition coefficient (Wildman–Crippen LogP) is 1.63. The lowest BCUT2D eigenvalue weighted by Crippen LogP contribution is -2.11. The van der Waals surface area contributed by atoms with E-state index in [1.807, 2.05) is 12.1 Å². The van der Waals surface area contributed by atoms with Crippen LogP contribution in [-0.4, -0.2) is 24.6 Å². The van der Waals surface area contributed by atoms with Gasteiger partial charge in [-0.1, -0.05) is 12.1 Å². The molecule has 1 aromatic carbocycles. The summed E-state index contributed by atoms with van der Waals surface area (Å²) in [6, 6.07) is 3.98. The van der Waals surface area contributed by atoms with E-state index in [2.05, 4.69) is 0 Å². The van der Waals surface area contributed by atoms with Crippen molar-refractivity contribution >= 4 is 0 Å². The second-order valence-electron chi connectivity index (χ2n) is 4.78. The highest BCUT2D eigenvalue weighted by molar-refractivity contribution is 5.53. The molecule has 4 heteroatoms. The molecule has 1 saturated carbocycles. The van der Waals surface area contributed by atoms with E-state index in [0.29, 0.717) is 13.0 Å². The number of benzene rings is 1. The Bertz CT molecular complexity index is 437. The van der Waals surface area contributed by atoms with Crippen molar-refractivity contribution in [3.05, 3.63) is 23.3 Å². The fraction of sp³-hybridized carbons (Fsp3) is 0.538. The van der Waals surface area contributed by atoms with E-state index in [-0.39, 0.29) is 6.79 Å². The van der Waals surface area contributed by atoms with Crippen LogP contribution in [0.1, 0.15) is 24.0 Å². The first-order valence-electron chi connectivity index (χ1n) is 5.83. The van der Waals surface area contributed by atoms with Gasteiger partial charge in [-0.15, -0.1) is 0 Å². The molecule has 0 amide bonds. The largest absolute Gasteiger partial charge is 0.453 e. The first-order valence-corrected chi connectivity index (χ1v) is 5.83. The fourth-order valence-electron chi connectivity index (χ4n) is 2.19. The molecule has 1 aliphatic heterocycles. The van der Waals surface area contributed by atoms with Crippen LogP contribution in [0.4, 0.5) is 0 Å². The van der Waals surface area contributed by atoms with Crippen molar-refractivity contribution in [2.24, 2.45) is 0 Å². The molecule has 0 spiro atoms. The third-order valence-corrected chi connectivity index (χ3v) is 3.33. The van der Waals surface area contributed by atoms with E-state index in [1.165, 1.54) is 0 Å². The van der Waals surface area contributed by atoms with Crippen LogP contribution in [0.5, 0.6) is 11.5 Å². The summed E-state index contributed by atoms with van der Waals surface area (Å²) in [7, 11) is 1.66. The van der Waals surface area contributed by atoms with Gasteiger partial charge in [0.15, 0.2) is 11.5 Å². The Balaban J connectivity index is 1.92. The van der Waals surface area contributed by atoms with Gasteiger partial charge in [0.25, 0.3) is 0 Å². The van der Waals surface area contributed by atoms with Crippen LogP contribution in [0.15, 0.2) is 12.1 Å². The first-order chi connectivity index (χ1) is 8.22. The molecule has 1 N–H and O–H groups in total. The molecule has 1 aliphatic carbocycles. The lowest BCUT2D eigenvalue weighted by atomic mass is 10.0. The summed E-state index contributed by atoms with van der Waals surface area (Å²) in [6.07, 6.45) is 2.40. The Morgan fingerprint density at radius 3 is 2.53 bits per heavy atom. The Labute approximate surface area is 100 Å². The summed E-state index contributed by atoms with van der Waals surface area (Å²) in [5.74, 6) is 1.55. The molecule has 17 heavy (non-hydrogen) atoms. The highest BCUT2D eigenvalue weighted by Gasteiger charge is 2.41. The van der Waals surface area contributed by atoms with Crippen molar-refractivity contribution < 1.29 is 19.3 Å². The number of rotatable bonds is 4. The molecule has 0 atom stereocenters. The number of hydrogen-bond acceptors (Lipinski definition) is 4. The van der Waals surface area contributed by atoms with Crippen LogP contribution in [0.3, 0.4) is 0 Å². The van der Waals surface area contributed by atoms with Gasteiger partial charge in [-0.05, 0) is 12.8 Å². The van der Waals surface area contributed by atoms with E-state index in [9.17, 15) is 5.11 Å². The van der Waals surface area contributed by atoms with Gasteiger partial charge in [0.1, 0.15) is 0 Å². The van der Waals surface area contributed by atoms with Crippen LogP contribution in [0.2, 0.25) is 0 Å². The molecule has 0 bridgehead atoms.